The molecule has 1 saturated heterocycles. The van der Waals surface area contributed by atoms with Crippen molar-refractivity contribution in [3.63, 3.8) is 0 Å². The van der Waals surface area contributed by atoms with Crippen LogP contribution in [0.3, 0.4) is 0 Å². The van der Waals surface area contributed by atoms with Crippen molar-refractivity contribution in [1.82, 2.24) is 19.9 Å². The van der Waals surface area contributed by atoms with Gasteiger partial charge >= 0.3 is 0 Å². The summed E-state index contributed by atoms with van der Waals surface area (Å²) in [5, 5.41) is 27.1. The molecule has 0 unspecified atom stereocenters. The average Bonchev–Trinajstić information content (AvgIpc) is 3.34. The number of aliphatic hydroxyl groups is 1. The molecule has 6 N–H and O–H groups in total. The molecule has 11 nitrogen and oxygen atoms in total. The first kappa shape index (κ1) is 28.4. The molecule has 40 heavy (non-hydrogen) atoms. The van der Waals surface area contributed by atoms with Crippen LogP contribution in [0, 0.1) is 11.3 Å². The van der Waals surface area contributed by atoms with Crippen molar-refractivity contribution in [3.05, 3.63) is 65.9 Å². The minimum atomic E-state index is -1.00. The normalized spacial score (nSPS) is 16.1. The molecule has 3 aromatic rings. The van der Waals surface area contributed by atoms with Crippen molar-refractivity contribution < 1.29 is 14.6 Å². The summed E-state index contributed by atoms with van der Waals surface area (Å²) in [6.45, 7) is 8.63. The first-order valence-electron chi connectivity index (χ1n) is 13.1. The molecule has 4 rings (SSSR count). The number of anilines is 1. The topological polar surface area (TPSA) is 168 Å². The van der Waals surface area contributed by atoms with Crippen molar-refractivity contribution in [3.8, 4) is 22.9 Å². The average molecular weight is 545 g/mol. The number of ether oxygens (including phenoxy) is 1. The molecular formula is C29H36N8O3. The number of nitriles is 1. The number of piperidine rings is 1. The Labute approximate surface area is 233 Å². The summed E-state index contributed by atoms with van der Waals surface area (Å²) >= 11 is 0. The smallest absolute Gasteiger partial charge is 0.267 e. The van der Waals surface area contributed by atoms with Gasteiger partial charge in [0.15, 0.2) is 0 Å². The van der Waals surface area contributed by atoms with E-state index < -0.39 is 11.1 Å². The molecule has 0 saturated carbocycles. The number of carbonyl (C=O) groups excluding carboxylic acids is 1. The second kappa shape index (κ2) is 11.3. The molecule has 1 amide bonds. The zero-order valence-corrected chi connectivity index (χ0v) is 23.3. The minimum absolute atomic E-state index is 0.100. The zero-order chi connectivity index (χ0) is 29.1. The lowest BCUT2D eigenvalue weighted by Gasteiger charge is -2.40. The third-order valence-electron chi connectivity index (χ3n) is 6.98. The van der Waals surface area contributed by atoms with Gasteiger partial charge in [-0.1, -0.05) is 0 Å². The van der Waals surface area contributed by atoms with Crippen molar-refractivity contribution in [2.24, 2.45) is 11.5 Å². The van der Waals surface area contributed by atoms with E-state index in [-0.39, 0.29) is 18.2 Å². The van der Waals surface area contributed by atoms with Gasteiger partial charge in [-0.2, -0.15) is 10.4 Å². The summed E-state index contributed by atoms with van der Waals surface area (Å²) in [7, 11) is 0. The predicted molar refractivity (Wildman–Crippen MR) is 153 cm³/mol. The van der Waals surface area contributed by atoms with Crippen LogP contribution in [-0.2, 0) is 4.79 Å². The molecule has 0 aromatic carbocycles. The number of aromatic nitrogens is 3. The molecule has 1 fully saturated rings. The summed E-state index contributed by atoms with van der Waals surface area (Å²) in [4.78, 5) is 19.5. The van der Waals surface area contributed by atoms with Gasteiger partial charge in [-0.25, -0.2) is 9.50 Å². The Morgan fingerprint density at radius 3 is 2.65 bits per heavy atom. The van der Waals surface area contributed by atoms with Crippen molar-refractivity contribution >= 4 is 17.2 Å². The minimum Gasteiger partial charge on any atom is -0.489 e. The Morgan fingerprint density at radius 1 is 1.32 bits per heavy atom. The second-order valence-electron chi connectivity index (χ2n) is 11.0. The number of pyridine rings is 2. The Balaban J connectivity index is 1.51. The van der Waals surface area contributed by atoms with Gasteiger partial charge in [0.2, 0.25) is 0 Å². The van der Waals surface area contributed by atoms with Crippen LogP contribution in [0.5, 0.6) is 5.75 Å². The highest BCUT2D eigenvalue weighted by atomic mass is 16.5. The van der Waals surface area contributed by atoms with Crippen LogP contribution in [-0.4, -0.2) is 56.4 Å². The zero-order valence-electron chi connectivity index (χ0n) is 23.3. The summed E-state index contributed by atoms with van der Waals surface area (Å²) in [5.74, 6) is 1.04. The molecule has 0 atom stereocenters. The highest BCUT2D eigenvalue weighted by molar-refractivity contribution is 5.94. The maximum Gasteiger partial charge on any atom is 0.267 e. The maximum atomic E-state index is 12.6. The van der Waals surface area contributed by atoms with Gasteiger partial charge in [0, 0.05) is 36.0 Å². The van der Waals surface area contributed by atoms with E-state index in [1.165, 1.54) is 12.4 Å². The van der Waals surface area contributed by atoms with Crippen LogP contribution in [0.2, 0.25) is 0 Å². The molecule has 0 spiro atoms. The Bertz CT molecular complexity index is 1480. The number of rotatable bonds is 8. The molecule has 1 aliphatic rings. The summed E-state index contributed by atoms with van der Waals surface area (Å²) in [6.07, 6.45) is 9.39. The summed E-state index contributed by atoms with van der Waals surface area (Å²) in [5.41, 5.74) is 13.4. The van der Waals surface area contributed by atoms with E-state index >= 15 is 0 Å². The fourth-order valence-corrected chi connectivity index (χ4v) is 4.58. The van der Waals surface area contributed by atoms with E-state index in [1.54, 1.807) is 43.8 Å². The lowest BCUT2D eigenvalue weighted by atomic mass is 9.89. The van der Waals surface area contributed by atoms with E-state index in [1.807, 2.05) is 25.1 Å². The van der Waals surface area contributed by atoms with Crippen LogP contribution in [0.1, 0.15) is 46.1 Å². The predicted octanol–water partition coefficient (Wildman–Crippen LogP) is 2.60. The van der Waals surface area contributed by atoms with Gasteiger partial charge < -0.3 is 31.5 Å². The second-order valence-corrected chi connectivity index (χ2v) is 11.0. The number of amides is 1. The number of carbonyl (C=O) groups is 1. The number of nitrogens with two attached hydrogens (primary N) is 2. The largest absolute Gasteiger partial charge is 0.489 e. The molecule has 0 aliphatic carbocycles. The van der Waals surface area contributed by atoms with E-state index in [4.69, 9.17) is 21.2 Å². The van der Waals surface area contributed by atoms with E-state index in [2.05, 4.69) is 21.4 Å². The van der Waals surface area contributed by atoms with Gasteiger partial charge in [0.05, 0.1) is 29.1 Å². The van der Waals surface area contributed by atoms with E-state index in [9.17, 15) is 15.2 Å². The van der Waals surface area contributed by atoms with Gasteiger partial charge in [-0.05, 0) is 76.6 Å². The van der Waals surface area contributed by atoms with Crippen LogP contribution >= 0.6 is 0 Å². The molecule has 4 heterocycles. The van der Waals surface area contributed by atoms with Gasteiger partial charge in [0.1, 0.15) is 29.9 Å². The highest BCUT2D eigenvalue weighted by Gasteiger charge is 2.32. The first-order chi connectivity index (χ1) is 18.9. The molecule has 0 radical (unpaired) electrons. The summed E-state index contributed by atoms with van der Waals surface area (Å²) in [6, 6.07) is 7.94. The van der Waals surface area contributed by atoms with Crippen LogP contribution < -0.4 is 26.4 Å². The number of nitrogens with one attached hydrogen (secondary N) is 1. The Hall–Kier alpha value is -4.56. The third-order valence-corrected chi connectivity index (χ3v) is 6.98. The van der Waals surface area contributed by atoms with Crippen molar-refractivity contribution in [1.29, 1.82) is 5.26 Å². The molecule has 3 aromatic heterocycles. The van der Waals surface area contributed by atoms with Crippen LogP contribution in [0.4, 0.5) is 5.82 Å². The molecule has 210 valence electrons. The lowest BCUT2D eigenvalue weighted by Crippen LogP contribution is -2.54. The number of hydrogen-bond donors (Lipinski definition) is 4. The molecule has 11 heteroatoms. The van der Waals surface area contributed by atoms with Gasteiger partial charge in [-0.3, -0.25) is 4.79 Å². The first-order valence-corrected chi connectivity index (χ1v) is 13.1. The lowest BCUT2D eigenvalue weighted by molar-refractivity contribution is -0.119. The molecule has 0 bridgehead atoms. The quantitative estimate of drug-likeness (QED) is 0.246. The maximum absolute atomic E-state index is 12.6. The fourth-order valence-electron chi connectivity index (χ4n) is 4.58. The van der Waals surface area contributed by atoms with Crippen molar-refractivity contribution in [2.75, 3.05) is 24.6 Å². The Kier molecular flexibility index (Phi) is 8.02. The van der Waals surface area contributed by atoms with Crippen LogP contribution in [0.25, 0.3) is 16.6 Å². The van der Waals surface area contributed by atoms with E-state index in [0.717, 1.165) is 29.8 Å². The fraction of sp³-hybridized carbons (Fsp3) is 0.379. The van der Waals surface area contributed by atoms with Gasteiger partial charge in [-0.15, -0.1) is 0 Å². The van der Waals surface area contributed by atoms with Crippen LogP contribution in [0.15, 0.2) is 60.3 Å². The monoisotopic (exact) mass is 544 g/mol. The number of hydrogen-bond acceptors (Lipinski definition) is 9. The summed E-state index contributed by atoms with van der Waals surface area (Å²) < 4.78 is 7.43. The molecular weight excluding hydrogens is 508 g/mol. The number of allylic oxidation sites excluding steroid dienone is 2. The van der Waals surface area contributed by atoms with E-state index in [0.29, 0.717) is 35.5 Å². The SMILES string of the molecule is CC(/C=C\N)=C(/N)C(=O)NC1(C)CCN(c2ccc(-c3cc(OCC(C)(C)O)cn4ncc(C#N)c34)cn2)CC1. The number of nitrogens with zero attached hydrogens (tertiary/aromatic N) is 5. The molecule has 1 aliphatic heterocycles. The van der Waals surface area contributed by atoms with Crippen molar-refractivity contribution in [2.45, 2.75) is 51.7 Å². The number of fused-ring (bicyclic) bond motifs is 1. The third kappa shape index (κ3) is 6.35. The highest BCUT2D eigenvalue weighted by Crippen LogP contribution is 2.32. The Morgan fingerprint density at radius 2 is 2.05 bits per heavy atom. The van der Waals surface area contributed by atoms with Gasteiger partial charge in [0.25, 0.3) is 5.91 Å². The standard InChI is InChI=1S/C29H36N8O3/c1-19(7-10-30)25(32)27(38)35-29(4)8-11-36(12-9-29)24-6-5-20(15-33-24)23-13-22(40-18-28(2,3)39)17-37-26(23)21(14-31)16-34-37/h5-7,10,13,15-17,39H,8-9,11-12,18,30,32H2,1-4H3,(H,35,38)/b10-7-,25-19-.